The highest BCUT2D eigenvalue weighted by Gasteiger charge is 2.10. The van der Waals surface area contributed by atoms with E-state index in [1.807, 2.05) is 29.7 Å². The second-order valence-electron chi connectivity index (χ2n) is 2.74. The van der Waals surface area contributed by atoms with Crippen molar-refractivity contribution < 1.29 is 9.90 Å². The molecule has 0 aliphatic carbocycles. The molecule has 0 spiro atoms. The Balaban J connectivity index is 2.34. The van der Waals surface area contributed by atoms with E-state index in [9.17, 15) is 4.79 Å². The molecule has 0 radical (unpaired) electrons. The van der Waals surface area contributed by atoms with Crippen LogP contribution in [0.4, 0.5) is 4.79 Å². The summed E-state index contributed by atoms with van der Waals surface area (Å²) in [6.45, 7) is 0. The normalized spacial score (nSPS) is 18.7. The fourth-order valence-corrected chi connectivity index (χ4v) is 1.99. The molecular weight excluding hydrogens is 200 g/mol. The fourth-order valence-electron chi connectivity index (χ4n) is 1.17. The predicted octanol–water partition coefficient (Wildman–Crippen LogP) is 0.342. The molecule has 0 saturated carbocycles. The standard InChI is InChI=1S/C9H8N2O2S/c12-9(13)11-8-10-7-4-2-1-3-6(7)5-14-8/h1-5,8,11H,(H,12,13). The Hall–Kier alpha value is -1.49. The lowest BCUT2D eigenvalue weighted by Gasteiger charge is -2.11. The topological polar surface area (TPSA) is 61.7 Å². The van der Waals surface area contributed by atoms with Gasteiger partial charge in [-0.1, -0.05) is 30.0 Å². The Morgan fingerprint density at radius 3 is 3.07 bits per heavy atom. The fraction of sp³-hybridized carbons (Fsp3) is 0.111. The second-order valence-corrected chi connectivity index (χ2v) is 3.70. The van der Waals surface area contributed by atoms with Crippen LogP contribution in [0.3, 0.4) is 0 Å². The van der Waals surface area contributed by atoms with Crippen molar-refractivity contribution in [3.05, 3.63) is 34.8 Å². The molecule has 1 aliphatic rings. The van der Waals surface area contributed by atoms with E-state index >= 15 is 0 Å². The SMILES string of the molecule is O=C(O)NC1N=c2ccccc2=CS1. The van der Waals surface area contributed by atoms with E-state index in [1.54, 1.807) is 0 Å². The first-order valence-electron chi connectivity index (χ1n) is 4.04. The largest absolute Gasteiger partial charge is 0.465 e. The molecule has 1 aromatic rings. The molecular formula is C9H8N2O2S. The van der Waals surface area contributed by atoms with Crippen LogP contribution < -0.4 is 15.9 Å². The van der Waals surface area contributed by atoms with Crippen LogP contribution in [-0.4, -0.2) is 16.7 Å². The van der Waals surface area contributed by atoms with Gasteiger partial charge in [0, 0.05) is 5.22 Å². The first-order chi connectivity index (χ1) is 6.75. The van der Waals surface area contributed by atoms with Crippen LogP contribution in [0.2, 0.25) is 0 Å². The number of hydrogen-bond acceptors (Lipinski definition) is 3. The highest BCUT2D eigenvalue weighted by Crippen LogP contribution is 2.11. The number of nitrogens with one attached hydrogen (secondary N) is 1. The van der Waals surface area contributed by atoms with Crippen LogP contribution in [0.1, 0.15) is 0 Å². The average Bonchev–Trinajstić information content (AvgIpc) is 2.17. The van der Waals surface area contributed by atoms with E-state index in [-0.39, 0.29) is 0 Å². The maximum absolute atomic E-state index is 10.4. The number of rotatable bonds is 1. The van der Waals surface area contributed by atoms with E-state index in [2.05, 4.69) is 10.3 Å². The summed E-state index contributed by atoms with van der Waals surface area (Å²) in [5.41, 5.74) is -0.428. The molecule has 0 aromatic heterocycles. The summed E-state index contributed by atoms with van der Waals surface area (Å²) < 4.78 is 0. The van der Waals surface area contributed by atoms with E-state index < -0.39 is 11.6 Å². The number of benzene rings is 1. The van der Waals surface area contributed by atoms with Gasteiger partial charge in [-0.2, -0.15) is 0 Å². The molecule has 1 atom stereocenters. The zero-order valence-corrected chi connectivity index (χ0v) is 7.99. The van der Waals surface area contributed by atoms with Crippen molar-refractivity contribution in [3.63, 3.8) is 0 Å². The van der Waals surface area contributed by atoms with Gasteiger partial charge in [0.15, 0.2) is 5.50 Å². The minimum Gasteiger partial charge on any atom is -0.465 e. The van der Waals surface area contributed by atoms with Crippen molar-refractivity contribution in [2.24, 2.45) is 4.99 Å². The van der Waals surface area contributed by atoms with Crippen molar-refractivity contribution in [2.75, 3.05) is 0 Å². The maximum atomic E-state index is 10.4. The maximum Gasteiger partial charge on any atom is 0.407 e. The average molecular weight is 208 g/mol. The summed E-state index contributed by atoms with van der Waals surface area (Å²) in [6.07, 6.45) is -1.06. The third-order valence-corrected chi connectivity index (χ3v) is 2.64. The molecule has 1 unspecified atom stereocenters. The molecule has 2 rings (SSSR count). The summed E-state index contributed by atoms with van der Waals surface area (Å²) in [7, 11) is 0. The minimum atomic E-state index is -1.06. The van der Waals surface area contributed by atoms with Crippen LogP contribution >= 0.6 is 11.8 Å². The third kappa shape index (κ3) is 1.88. The second kappa shape index (κ2) is 3.71. The van der Waals surface area contributed by atoms with Crippen molar-refractivity contribution in [3.8, 4) is 0 Å². The van der Waals surface area contributed by atoms with Gasteiger partial charge in [0.05, 0.1) is 5.36 Å². The molecule has 2 N–H and O–H groups in total. The summed E-state index contributed by atoms with van der Waals surface area (Å²) in [5, 5.41) is 14.6. The number of hydrogen-bond donors (Lipinski definition) is 2. The van der Waals surface area contributed by atoms with Crippen LogP contribution in [0.15, 0.2) is 29.3 Å². The van der Waals surface area contributed by atoms with E-state index in [0.29, 0.717) is 0 Å². The highest BCUT2D eigenvalue weighted by molar-refractivity contribution is 8.07. The molecule has 0 bridgehead atoms. The van der Waals surface area contributed by atoms with Crippen molar-refractivity contribution in [1.29, 1.82) is 0 Å². The van der Waals surface area contributed by atoms with E-state index in [1.165, 1.54) is 11.8 Å². The molecule has 4 nitrogen and oxygen atoms in total. The molecule has 1 aromatic carbocycles. The lowest BCUT2D eigenvalue weighted by atomic mass is 10.3. The monoisotopic (exact) mass is 208 g/mol. The summed E-state index contributed by atoms with van der Waals surface area (Å²) in [5.74, 6) is 0. The van der Waals surface area contributed by atoms with Gasteiger partial charge in [0.25, 0.3) is 0 Å². The molecule has 1 heterocycles. The predicted molar refractivity (Wildman–Crippen MR) is 54.2 cm³/mol. The number of thioether (sulfide) groups is 1. The zero-order chi connectivity index (χ0) is 9.97. The first kappa shape index (κ1) is 9.08. The van der Waals surface area contributed by atoms with Gasteiger partial charge in [-0.25, -0.2) is 9.79 Å². The van der Waals surface area contributed by atoms with Crippen molar-refractivity contribution >= 4 is 23.3 Å². The minimum absolute atomic E-state index is 0.428. The molecule has 0 fully saturated rings. The van der Waals surface area contributed by atoms with Crippen LogP contribution in [-0.2, 0) is 0 Å². The molecule has 5 heteroatoms. The third-order valence-electron chi connectivity index (χ3n) is 1.76. The van der Waals surface area contributed by atoms with Gasteiger partial charge in [0.1, 0.15) is 0 Å². The zero-order valence-electron chi connectivity index (χ0n) is 7.18. The Morgan fingerprint density at radius 2 is 2.29 bits per heavy atom. The molecule has 0 saturated heterocycles. The van der Waals surface area contributed by atoms with Crippen LogP contribution in [0.5, 0.6) is 0 Å². The molecule has 1 amide bonds. The number of fused-ring (bicyclic) bond motifs is 1. The van der Waals surface area contributed by atoms with Gasteiger partial charge in [-0.3, -0.25) is 5.32 Å². The number of para-hydroxylation sites is 1. The van der Waals surface area contributed by atoms with E-state index in [0.717, 1.165) is 10.6 Å². The van der Waals surface area contributed by atoms with Crippen molar-refractivity contribution in [1.82, 2.24) is 5.32 Å². The number of carbonyl (C=O) groups is 1. The number of amides is 1. The summed E-state index contributed by atoms with van der Waals surface area (Å²) in [6, 6.07) is 7.62. The van der Waals surface area contributed by atoms with Gasteiger partial charge in [0.2, 0.25) is 0 Å². The van der Waals surface area contributed by atoms with Crippen molar-refractivity contribution in [2.45, 2.75) is 5.50 Å². The Kier molecular flexibility index (Phi) is 2.41. The molecule has 72 valence electrons. The number of nitrogens with zero attached hydrogens (tertiary/aromatic N) is 1. The quantitative estimate of drug-likeness (QED) is 0.699. The smallest absolute Gasteiger partial charge is 0.407 e. The number of carboxylic acid groups (broad SMARTS) is 1. The first-order valence-corrected chi connectivity index (χ1v) is 4.98. The lowest BCUT2D eigenvalue weighted by molar-refractivity contribution is 0.193. The van der Waals surface area contributed by atoms with Gasteiger partial charge in [-0.15, -0.1) is 0 Å². The Morgan fingerprint density at radius 1 is 1.50 bits per heavy atom. The molecule has 14 heavy (non-hydrogen) atoms. The Bertz CT molecular complexity index is 472. The molecule has 1 aliphatic heterocycles. The summed E-state index contributed by atoms with van der Waals surface area (Å²) >= 11 is 1.35. The van der Waals surface area contributed by atoms with E-state index in [4.69, 9.17) is 5.11 Å². The van der Waals surface area contributed by atoms with Gasteiger partial charge in [-0.05, 0) is 11.5 Å². The van der Waals surface area contributed by atoms with Gasteiger partial charge >= 0.3 is 6.09 Å². The van der Waals surface area contributed by atoms with Crippen LogP contribution in [0.25, 0.3) is 5.41 Å². The lowest BCUT2D eigenvalue weighted by Crippen LogP contribution is -2.37. The van der Waals surface area contributed by atoms with Crippen LogP contribution in [0, 0.1) is 0 Å². The summed E-state index contributed by atoms with van der Waals surface area (Å²) in [4.78, 5) is 14.6. The van der Waals surface area contributed by atoms with Gasteiger partial charge < -0.3 is 5.11 Å². The highest BCUT2D eigenvalue weighted by atomic mass is 32.2. The Labute approximate surface area is 84.4 Å².